The topological polar surface area (TPSA) is 587 Å². The lowest BCUT2D eigenvalue weighted by atomic mass is 9.95. The third kappa shape index (κ3) is 12.0. The number of carboxylic acids is 6. The van der Waals surface area contributed by atoms with Crippen molar-refractivity contribution in [2.75, 3.05) is 14.2 Å². The Hall–Kier alpha value is -4.18. The fraction of sp³-hybridized carbons (Fsp3) is 0.842. The largest absolute Gasteiger partial charge is 0.479 e. The van der Waals surface area contributed by atoms with E-state index in [2.05, 4.69) is 0 Å². The molecule has 0 saturated carbocycles. The lowest BCUT2D eigenvalue weighted by molar-refractivity contribution is -0.386. The molecule has 37 nitrogen and oxygen atoms in total. The Bertz CT molecular complexity index is 2030. The number of methoxy groups -OCH3 is 2. The van der Waals surface area contributed by atoms with Gasteiger partial charge in [0.05, 0.1) is 0 Å². The highest BCUT2D eigenvalue weighted by atomic mass is 16.8. The molecule has 6 fully saturated rings. The Labute approximate surface area is 416 Å². The van der Waals surface area contributed by atoms with E-state index in [1.165, 1.54) is 0 Å². The van der Waals surface area contributed by atoms with Crippen LogP contribution in [0, 0.1) is 0 Å². The summed E-state index contributed by atoms with van der Waals surface area (Å²) in [5, 5.41) is 190. The van der Waals surface area contributed by atoms with E-state index in [4.69, 9.17) is 61.6 Å². The van der Waals surface area contributed by atoms with Crippen molar-refractivity contribution in [1.82, 2.24) is 0 Å². The standard InChI is InChI=1S/C38H54O37/c1-63-15-3(39)10(46)34(71-21(15)27(51)52)66-17-5(41)12(48)36(73-23(17)29(55)56)68-19-7(43)14(50)38(75-25(19)31(59)60)69-20-8(44)13(49)37(74-26(20)32(61)62)67-18-6(42)11(47)35(72-24(18)30(57)58)65-16-4(40)9(45)33(64-2)70-22(16)28(53)54/h3-26,33-50H,1-2H3,(H,51,52)(H,53,54)(H,55,56)(H,57,58)(H,59,60)(H,61,62)/t3-,4?,5?,6-,7+,8?,9?,10?,11?,12?,13?,14?,15-,16-,17-,18-,19-,20-,21?,22+,23?,24?,25?,26+,33+,34+,35?,36+,37+,38+/m0/s1. The molecular formula is C38H54O37. The van der Waals surface area contributed by atoms with Crippen LogP contribution in [0.1, 0.15) is 0 Å². The van der Waals surface area contributed by atoms with Gasteiger partial charge in [-0.3, -0.25) is 0 Å². The third-order valence-corrected chi connectivity index (χ3v) is 12.7. The molecule has 6 aliphatic heterocycles. The molecule has 0 bridgehead atoms. The van der Waals surface area contributed by atoms with Crippen LogP contribution in [0.25, 0.3) is 0 Å². The molecule has 0 aromatic heterocycles. The van der Waals surface area contributed by atoms with Crippen LogP contribution in [0.4, 0.5) is 0 Å². The summed E-state index contributed by atoms with van der Waals surface area (Å²) in [6.45, 7) is 0. The predicted octanol–water partition coefficient (Wildman–Crippen LogP) is -12.2. The van der Waals surface area contributed by atoms with E-state index < -0.39 is 220 Å². The van der Waals surface area contributed by atoms with Gasteiger partial charge in [0, 0.05) is 14.2 Å². The van der Waals surface area contributed by atoms with E-state index in [1.807, 2.05) is 0 Å². The van der Waals surface area contributed by atoms with Gasteiger partial charge in [-0.1, -0.05) is 0 Å². The number of rotatable bonds is 18. The summed E-state index contributed by atoms with van der Waals surface area (Å²) in [5.74, 6) is -11.8. The predicted molar refractivity (Wildman–Crippen MR) is 212 cm³/mol. The van der Waals surface area contributed by atoms with E-state index in [-0.39, 0.29) is 0 Å². The van der Waals surface area contributed by atoms with Gasteiger partial charge in [-0.25, -0.2) is 28.8 Å². The van der Waals surface area contributed by atoms with E-state index in [0.29, 0.717) is 0 Å². The molecule has 0 amide bonds. The molecular weight excluding hydrogens is 1050 g/mol. The molecule has 14 unspecified atom stereocenters. The minimum atomic E-state index is -2.63. The Morgan fingerprint density at radius 1 is 0.253 bits per heavy atom. The maximum absolute atomic E-state index is 12.5. The average molecular weight is 1100 g/mol. The highest BCUT2D eigenvalue weighted by Gasteiger charge is 2.61. The SMILES string of the molecule is CO[C@@H]1O[C@@H](C(=O)O)[C@@H](OC2OC(C(=O)O)[C@@H](O[C@@H]3O[C@@H](C(=O)O)[C@@H](O[C@@H]4OC(C(=O)O)[C@@H](O[C@@H]5OC(C(=O)O)[C@@H](O[C@@H]6OC(C(=O)O)[C@@H](OC)[C@@H](O)C6O)C(O)C5O)[C@H](O)C4O)C(O)C3O)[C@@H](O)C2O)C(O)C1O. The van der Waals surface area contributed by atoms with Gasteiger partial charge in [0.15, 0.2) is 74.4 Å². The molecule has 0 aliphatic carbocycles. The number of hydrogen-bond donors (Lipinski definition) is 18. The summed E-state index contributed by atoms with van der Waals surface area (Å²) in [6, 6.07) is 0. The molecule has 0 aromatic carbocycles. The number of aliphatic carboxylic acids is 6. The molecule has 6 heterocycles. The maximum atomic E-state index is 12.5. The number of carbonyl (C=O) groups is 6. The monoisotopic (exact) mass is 1100 g/mol. The number of carboxylic acid groups (broad SMARTS) is 6. The van der Waals surface area contributed by atoms with Gasteiger partial charge in [0.25, 0.3) is 0 Å². The van der Waals surface area contributed by atoms with Crippen LogP contribution in [0.15, 0.2) is 0 Å². The minimum absolute atomic E-state index is 0.959. The average Bonchev–Trinajstić information content (AvgIpc) is 3.34. The quantitative estimate of drug-likeness (QED) is 0.0606. The van der Waals surface area contributed by atoms with Crippen LogP contribution in [-0.4, -0.2) is 326 Å². The first-order chi connectivity index (χ1) is 35.1. The number of hydrogen-bond acceptors (Lipinski definition) is 31. The zero-order chi connectivity index (χ0) is 56.0. The number of ether oxygens (including phenoxy) is 13. The van der Waals surface area contributed by atoms with Crippen molar-refractivity contribution >= 4 is 35.8 Å². The van der Waals surface area contributed by atoms with Crippen molar-refractivity contribution in [2.24, 2.45) is 0 Å². The fourth-order valence-electron chi connectivity index (χ4n) is 8.77. The molecule has 75 heavy (non-hydrogen) atoms. The highest BCUT2D eigenvalue weighted by Crippen LogP contribution is 2.37. The molecule has 18 N–H and O–H groups in total. The van der Waals surface area contributed by atoms with Crippen LogP contribution >= 0.6 is 0 Å². The second kappa shape index (κ2) is 24.2. The van der Waals surface area contributed by atoms with Gasteiger partial charge >= 0.3 is 35.8 Å². The van der Waals surface area contributed by atoms with Crippen LogP contribution in [0.3, 0.4) is 0 Å². The van der Waals surface area contributed by atoms with E-state index in [1.54, 1.807) is 0 Å². The van der Waals surface area contributed by atoms with Crippen molar-refractivity contribution in [3.8, 4) is 0 Å². The van der Waals surface area contributed by atoms with Crippen molar-refractivity contribution in [2.45, 2.75) is 184 Å². The Balaban J connectivity index is 1.13. The Morgan fingerprint density at radius 3 is 0.587 bits per heavy atom. The summed E-state index contributed by atoms with van der Waals surface area (Å²) in [6.07, 6.45) is -70.9. The zero-order valence-electron chi connectivity index (χ0n) is 38.1. The van der Waals surface area contributed by atoms with Crippen molar-refractivity contribution < 1.29 is 182 Å². The molecule has 0 radical (unpaired) electrons. The summed E-state index contributed by atoms with van der Waals surface area (Å²) in [5.41, 5.74) is 0. The number of aliphatic hydroxyl groups excluding tert-OH is 12. The highest BCUT2D eigenvalue weighted by molar-refractivity contribution is 5.76. The van der Waals surface area contributed by atoms with Crippen LogP contribution in [0.2, 0.25) is 0 Å². The van der Waals surface area contributed by atoms with Crippen LogP contribution in [-0.2, 0) is 90.3 Å². The van der Waals surface area contributed by atoms with Gasteiger partial charge in [0.1, 0.15) is 110 Å². The molecule has 37 heteroatoms. The maximum Gasteiger partial charge on any atom is 0.335 e. The van der Waals surface area contributed by atoms with E-state index in [9.17, 15) is 121 Å². The summed E-state index contributed by atoms with van der Waals surface area (Å²) < 4.78 is 67.2. The lowest BCUT2D eigenvalue weighted by Crippen LogP contribution is -2.69. The summed E-state index contributed by atoms with van der Waals surface area (Å²) in [4.78, 5) is 73.5. The lowest BCUT2D eigenvalue weighted by Gasteiger charge is -2.48. The summed E-state index contributed by atoms with van der Waals surface area (Å²) >= 11 is 0. The van der Waals surface area contributed by atoms with Gasteiger partial charge in [-0.2, -0.15) is 0 Å². The third-order valence-electron chi connectivity index (χ3n) is 12.7. The number of aliphatic hydroxyl groups is 12. The molecule has 30 atom stereocenters. The van der Waals surface area contributed by atoms with E-state index >= 15 is 0 Å². The zero-order valence-corrected chi connectivity index (χ0v) is 38.1. The van der Waals surface area contributed by atoms with Crippen molar-refractivity contribution in [3.05, 3.63) is 0 Å². The molecule has 6 aliphatic rings. The van der Waals surface area contributed by atoms with Crippen molar-refractivity contribution in [1.29, 1.82) is 0 Å². The molecule has 0 aromatic rings. The van der Waals surface area contributed by atoms with Gasteiger partial charge in [0.2, 0.25) is 0 Å². The van der Waals surface area contributed by atoms with E-state index in [0.717, 1.165) is 14.2 Å². The molecule has 428 valence electrons. The fourth-order valence-corrected chi connectivity index (χ4v) is 8.77. The summed E-state index contributed by atoms with van der Waals surface area (Å²) in [7, 11) is 1.94. The minimum Gasteiger partial charge on any atom is -0.479 e. The smallest absolute Gasteiger partial charge is 0.335 e. The molecule has 0 spiro atoms. The van der Waals surface area contributed by atoms with Crippen LogP contribution < -0.4 is 0 Å². The second-order valence-corrected chi connectivity index (χ2v) is 17.4. The normalized spacial score (nSPS) is 48.6. The Morgan fingerprint density at radius 2 is 0.413 bits per heavy atom. The Kier molecular flexibility index (Phi) is 19.4. The van der Waals surface area contributed by atoms with Crippen molar-refractivity contribution in [3.63, 3.8) is 0 Å². The van der Waals surface area contributed by atoms with Gasteiger partial charge in [-0.05, 0) is 0 Å². The molecule has 6 rings (SSSR count). The first-order valence-electron chi connectivity index (χ1n) is 21.9. The van der Waals surface area contributed by atoms with Crippen LogP contribution in [0.5, 0.6) is 0 Å². The first kappa shape index (κ1) is 60.1. The van der Waals surface area contributed by atoms with Gasteiger partial charge < -0.3 is 153 Å². The molecule has 6 saturated heterocycles. The second-order valence-electron chi connectivity index (χ2n) is 17.4. The first-order valence-corrected chi connectivity index (χ1v) is 21.9. The van der Waals surface area contributed by atoms with Gasteiger partial charge in [-0.15, -0.1) is 0 Å².